The minimum absolute atomic E-state index is 0.240. The topological polar surface area (TPSA) is 113 Å². The van der Waals surface area contributed by atoms with Gasteiger partial charge in [0.05, 0.1) is 5.56 Å². The van der Waals surface area contributed by atoms with Crippen LogP contribution in [-0.2, 0) is 14.3 Å². The van der Waals surface area contributed by atoms with E-state index in [4.69, 9.17) is 4.74 Å². The second-order valence-electron chi connectivity index (χ2n) is 8.62. The van der Waals surface area contributed by atoms with Gasteiger partial charge in [-0.15, -0.1) is 0 Å². The van der Waals surface area contributed by atoms with E-state index in [9.17, 15) is 19.6 Å². The third kappa shape index (κ3) is 5.61. The molecule has 2 N–H and O–H groups in total. The van der Waals surface area contributed by atoms with Gasteiger partial charge < -0.3 is 19.9 Å². The number of nitrogens with one attached hydrogen (secondary N) is 2. The number of ether oxygens (including phenoxy) is 1. The molecule has 2 aromatic rings. The summed E-state index contributed by atoms with van der Waals surface area (Å²) in [6.07, 6.45) is 4.22. The molecule has 0 aliphatic heterocycles. The van der Waals surface area contributed by atoms with Crippen molar-refractivity contribution in [2.24, 2.45) is 0 Å². The second kappa shape index (κ2) is 10.3. The van der Waals surface area contributed by atoms with Gasteiger partial charge in [-0.1, -0.05) is 30.0 Å². The number of amides is 2. The van der Waals surface area contributed by atoms with Crippen LogP contribution >= 0.6 is 0 Å². The van der Waals surface area contributed by atoms with Crippen LogP contribution in [0.5, 0.6) is 0 Å². The lowest BCUT2D eigenvalue weighted by Gasteiger charge is -2.19. The number of anilines is 1. The molecule has 1 aromatic heterocycles. The molecule has 0 bridgehead atoms. The van der Waals surface area contributed by atoms with Gasteiger partial charge in [-0.05, 0) is 58.2 Å². The molecule has 1 heterocycles. The molecule has 0 atom stereocenters. The third-order valence-corrected chi connectivity index (χ3v) is 6.06. The van der Waals surface area contributed by atoms with Crippen LogP contribution in [0.1, 0.15) is 70.0 Å². The molecule has 8 nitrogen and oxygen atoms in total. The van der Waals surface area contributed by atoms with Crippen LogP contribution < -0.4 is 10.6 Å². The summed E-state index contributed by atoms with van der Waals surface area (Å²) in [5.74, 6) is -1.18. The molecule has 174 valence electrons. The van der Waals surface area contributed by atoms with E-state index in [-0.39, 0.29) is 18.5 Å². The number of esters is 1. The summed E-state index contributed by atoms with van der Waals surface area (Å²) in [6, 6.07) is 7.84. The van der Waals surface area contributed by atoms with Crippen molar-refractivity contribution < 1.29 is 19.1 Å². The molecule has 8 heteroatoms. The van der Waals surface area contributed by atoms with Crippen molar-refractivity contribution in [2.45, 2.75) is 59.4 Å². The third-order valence-electron chi connectivity index (χ3n) is 6.06. The second-order valence-corrected chi connectivity index (χ2v) is 8.62. The Labute approximate surface area is 193 Å². The fraction of sp³-hybridized carbons (Fsp3) is 0.440. The highest BCUT2D eigenvalue weighted by Gasteiger charge is 2.26. The quantitative estimate of drug-likeness (QED) is 0.626. The number of hydrogen-bond acceptors (Lipinski definition) is 5. The number of benzene rings is 1. The largest absolute Gasteiger partial charge is 0.454 e. The van der Waals surface area contributed by atoms with Crippen molar-refractivity contribution in [3.8, 4) is 6.07 Å². The predicted molar refractivity (Wildman–Crippen MR) is 124 cm³/mol. The van der Waals surface area contributed by atoms with Crippen molar-refractivity contribution in [3.63, 3.8) is 0 Å². The minimum Gasteiger partial charge on any atom is -0.454 e. The lowest BCUT2D eigenvalue weighted by Crippen LogP contribution is -2.32. The van der Waals surface area contributed by atoms with Gasteiger partial charge in [0, 0.05) is 17.3 Å². The molecule has 1 aromatic carbocycles. The van der Waals surface area contributed by atoms with Crippen LogP contribution in [0.2, 0.25) is 0 Å². The summed E-state index contributed by atoms with van der Waals surface area (Å²) in [6.45, 7) is 6.74. The maximum atomic E-state index is 12.5. The van der Waals surface area contributed by atoms with Crippen molar-refractivity contribution in [1.29, 1.82) is 5.26 Å². The molecule has 0 saturated heterocycles. The highest BCUT2D eigenvalue weighted by Crippen LogP contribution is 2.37. The summed E-state index contributed by atoms with van der Waals surface area (Å²) in [5.41, 5.74) is 4.58. The Morgan fingerprint density at radius 1 is 1.09 bits per heavy atom. The number of carbonyl (C=O) groups is 3. The Balaban J connectivity index is 1.57. The highest BCUT2D eigenvalue weighted by atomic mass is 16.5. The number of aryl methyl sites for hydroxylation is 2. The first kappa shape index (κ1) is 24.1. The monoisotopic (exact) mass is 450 g/mol. The van der Waals surface area contributed by atoms with E-state index in [0.717, 1.165) is 48.1 Å². The first-order chi connectivity index (χ1) is 15.7. The van der Waals surface area contributed by atoms with Crippen molar-refractivity contribution in [2.75, 3.05) is 18.5 Å². The van der Waals surface area contributed by atoms with Crippen LogP contribution in [0, 0.1) is 39.0 Å². The average Bonchev–Trinajstić information content (AvgIpc) is 3.36. The summed E-state index contributed by atoms with van der Waals surface area (Å²) in [7, 11) is 0. The number of hydrogen-bond donors (Lipinski definition) is 2. The molecule has 0 spiro atoms. The first-order valence-electron chi connectivity index (χ1n) is 11.1. The molecule has 1 aliphatic rings. The molecule has 0 radical (unpaired) electrons. The summed E-state index contributed by atoms with van der Waals surface area (Å²) >= 11 is 0. The number of nitrogens with zero attached hydrogens (tertiary/aromatic N) is 2. The fourth-order valence-electron chi connectivity index (χ4n) is 4.43. The molecule has 0 unspecified atom stereocenters. The van der Waals surface area contributed by atoms with E-state index in [1.54, 1.807) is 12.1 Å². The zero-order valence-corrected chi connectivity index (χ0v) is 19.6. The lowest BCUT2D eigenvalue weighted by molar-refractivity contribution is -0.146. The van der Waals surface area contributed by atoms with E-state index in [1.165, 1.54) is 0 Å². The molecule has 2 amide bonds. The Morgan fingerprint density at radius 2 is 1.73 bits per heavy atom. The molecular weight excluding hydrogens is 420 g/mol. The fourth-order valence-corrected chi connectivity index (χ4v) is 4.43. The Kier molecular flexibility index (Phi) is 7.54. The standard InChI is InChI=1S/C25H30N4O4/c1-15-9-16(2)11-19(10-15)25(32)27-13-23(31)33-14-22(30)28-24-21(12-26)17(3)18(4)29(24)20-7-5-6-8-20/h9-11,20H,5-8,13-14H2,1-4H3,(H,27,32)(H,28,30). The van der Waals surface area contributed by atoms with Crippen LogP contribution in [0.3, 0.4) is 0 Å². The van der Waals surface area contributed by atoms with Gasteiger partial charge in [0.25, 0.3) is 11.8 Å². The molecular formula is C25H30N4O4. The van der Waals surface area contributed by atoms with Gasteiger partial charge in [-0.3, -0.25) is 14.4 Å². The van der Waals surface area contributed by atoms with Crippen LogP contribution in [0.15, 0.2) is 18.2 Å². The van der Waals surface area contributed by atoms with E-state index in [0.29, 0.717) is 16.9 Å². The molecule has 33 heavy (non-hydrogen) atoms. The molecule has 3 rings (SSSR count). The first-order valence-corrected chi connectivity index (χ1v) is 11.1. The van der Waals surface area contributed by atoms with Crippen molar-refractivity contribution >= 4 is 23.6 Å². The SMILES string of the molecule is Cc1cc(C)cc(C(=O)NCC(=O)OCC(=O)Nc2c(C#N)c(C)c(C)n2C2CCCC2)c1. The van der Waals surface area contributed by atoms with Crippen molar-refractivity contribution in [1.82, 2.24) is 9.88 Å². The van der Waals surface area contributed by atoms with E-state index < -0.39 is 18.5 Å². The van der Waals surface area contributed by atoms with Crippen molar-refractivity contribution in [3.05, 3.63) is 51.7 Å². The molecule has 1 saturated carbocycles. The highest BCUT2D eigenvalue weighted by molar-refractivity contribution is 5.97. The lowest BCUT2D eigenvalue weighted by atomic mass is 10.1. The van der Waals surface area contributed by atoms with Crippen LogP contribution in [0.4, 0.5) is 5.82 Å². The van der Waals surface area contributed by atoms with E-state index in [1.807, 2.05) is 38.3 Å². The average molecular weight is 451 g/mol. The zero-order valence-electron chi connectivity index (χ0n) is 19.6. The van der Waals surface area contributed by atoms with Crippen LogP contribution in [0.25, 0.3) is 0 Å². The predicted octanol–water partition coefficient (Wildman–Crippen LogP) is 3.62. The van der Waals surface area contributed by atoms with Gasteiger partial charge in [0.1, 0.15) is 18.4 Å². The Morgan fingerprint density at radius 3 is 2.33 bits per heavy atom. The number of rotatable bonds is 7. The van der Waals surface area contributed by atoms with Gasteiger partial charge in [0.15, 0.2) is 6.61 Å². The Hall–Kier alpha value is -3.60. The summed E-state index contributed by atoms with van der Waals surface area (Å²) in [4.78, 5) is 36.8. The smallest absolute Gasteiger partial charge is 0.325 e. The van der Waals surface area contributed by atoms with E-state index >= 15 is 0 Å². The number of nitriles is 1. The maximum absolute atomic E-state index is 12.5. The molecule has 1 fully saturated rings. The molecule has 1 aliphatic carbocycles. The number of carbonyl (C=O) groups excluding carboxylic acids is 3. The van der Waals surface area contributed by atoms with E-state index in [2.05, 4.69) is 16.7 Å². The number of aromatic nitrogens is 1. The van der Waals surface area contributed by atoms with Crippen LogP contribution in [-0.4, -0.2) is 35.5 Å². The zero-order chi connectivity index (χ0) is 24.1. The normalized spacial score (nSPS) is 13.4. The summed E-state index contributed by atoms with van der Waals surface area (Å²) < 4.78 is 7.06. The van der Waals surface area contributed by atoms with Gasteiger partial charge >= 0.3 is 5.97 Å². The maximum Gasteiger partial charge on any atom is 0.325 e. The van der Waals surface area contributed by atoms with Gasteiger partial charge in [-0.25, -0.2) is 0 Å². The van der Waals surface area contributed by atoms with Gasteiger partial charge in [0.2, 0.25) is 0 Å². The van der Waals surface area contributed by atoms with Gasteiger partial charge in [-0.2, -0.15) is 5.26 Å². The summed E-state index contributed by atoms with van der Waals surface area (Å²) in [5, 5.41) is 14.9. The Bertz CT molecular complexity index is 1100. The minimum atomic E-state index is -0.720.